The molecule has 1 fully saturated rings. The molecule has 0 spiro atoms. The topological polar surface area (TPSA) is 62.1 Å². The summed E-state index contributed by atoms with van der Waals surface area (Å²) in [5.41, 5.74) is 4.01. The number of hydrogen-bond donors (Lipinski definition) is 1. The number of hydrogen-bond acceptors (Lipinski definition) is 5. The van der Waals surface area contributed by atoms with Crippen molar-refractivity contribution in [3.8, 4) is 0 Å². The van der Waals surface area contributed by atoms with Crippen molar-refractivity contribution in [2.24, 2.45) is 11.1 Å². The van der Waals surface area contributed by atoms with Crippen molar-refractivity contribution in [2.45, 2.75) is 26.7 Å². The van der Waals surface area contributed by atoms with Crippen LogP contribution in [-0.4, -0.2) is 47.9 Å². The Labute approximate surface area is 174 Å². The monoisotopic (exact) mass is 420 g/mol. The molecule has 0 aliphatic carbocycles. The average Bonchev–Trinajstić information content (AvgIpc) is 3.08. The summed E-state index contributed by atoms with van der Waals surface area (Å²) < 4.78 is 0. The number of rotatable bonds is 7. The number of aryl methyl sites for hydroxylation is 2. The molecule has 1 N–H and O–H groups in total. The Morgan fingerprint density at radius 3 is 2.86 bits per heavy atom. The fraction of sp³-hybridized carbons (Fsp3) is 0.429. The first-order valence-corrected chi connectivity index (χ1v) is 10.7. The number of carboxylic acid groups (broad SMARTS) is 1. The van der Waals surface area contributed by atoms with Gasteiger partial charge in [0.2, 0.25) is 0 Å². The number of carboxylic acids is 1. The number of aliphatic carboxylic acids is 1. The van der Waals surface area contributed by atoms with Gasteiger partial charge in [0.15, 0.2) is 0 Å². The van der Waals surface area contributed by atoms with Crippen LogP contribution in [-0.2, 0) is 9.63 Å². The summed E-state index contributed by atoms with van der Waals surface area (Å²) in [6, 6.07) is 7.83. The number of halogens is 1. The van der Waals surface area contributed by atoms with Crippen LogP contribution in [0.3, 0.4) is 0 Å². The number of thiophene rings is 1. The molecule has 1 aromatic heterocycles. The van der Waals surface area contributed by atoms with Crippen LogP contribution in [0.1, 0.15) is 34.4 Å². The standard InChI is InChI=1S/C21H25ClN2O3S/c1-14-7-11-28-20(14)19(18-6-5-17(22)12-15(18)2)23-27-10-9-24-8-3-4-16(13-24)21(25)26/h5-7,11-12,16H,3-4,8-10,13H2,1-2H3,(H,25,26)/b23-19+/t16-/m1/s1. The SMILES string of the molecule is Cc1cc(Cl)ccc1/C(=N\OCCN1CCC[C@@H](C(=O)O)C1)c1sccc1C. The summed E-state index contributed by atoms with van der Waals surface area (Å²) in [6.45, 7) is 6.65. The van der Waals surface area contributed by atoms with Gasteiger partial charge in [-0.2, -0.15) is 0 Å². The van der Waals surface area contributed by atoms with Crippen molar-refractivity contribution in [1.82, 2.24) is 4.90 Å². The molecule has 0 saturated carbocycles. The highest BCUT2D eigenvalue weighted by molar-refractivity contribution is 7.12. The van der Waals surface area contributed by atoms with Crippen LogP contribution in [0.25, 0.3) is 0 Å². The third-order valence-corrected chi connectivity index (χ3v) is 6.29. The Balaban J connectivity index is 1.70. The normalized spacial score (nSPS) is 18.2. The first-order chi connectivity index (χ1) is 13.5. The molecule has 150 valence electrons. The van der Waals surface area contributed by atoms with Crippen LogP contribution in [0, 0.1) is 19.8 Å². The minimum Gasteiger partial charge on any atom is -0.481 e. The van der Waals surface area contributed by atoms with Crippen molar-refractivity contribution in [3.05, 3.63) is 56.2 Å². The molecule has 0 bridgehead atoms. The third kappa shape index (κ3) is 5.13. The van der Waals surface area contributed by atoms with E-state index >= 15 is 0 Å². The molecular formula is C21H25ClN2O3S. The van der Waals surface area contributed by atoms with Crippen molar-refractivity contribution < 1.29 is 14.7 Å². The zero-order chi connectivity index (χ0) is 20.1. The molecule has 5 nitrogen and oxygen atoms in total. The summed E-state index contributed by atoms with van der Waals surface area (Å²) in [5.74, 6) is -0.990. The lowest BCUT2D eigenvalue weighted by Gasteiger charge is -2.29. The molecule has 0 amide bonds. The number of likely N-dealkylation sites (tertiary alicyclic amines) is 1. The van der Waals surface area contributed by atoms with Gasteiger partial charge >= 0.3 is 5.97 Å². The molecule has 2 heterocycles. The summed E-state index contributed by atoms with van der Waals surface area (Å²) in [4.78, 5) is 20.1. The Bertz CT molecular complexity index is 865. The fourth-order valence-corrected chi connectivity index (χ4v) is 4.61. The molecule has 1 saturated heterocycles. The maximum absolute atomic E-state index is 11.2. The Hall–Kier alpha value is -1.89. The van der Waals surface area contributed by atoms with E-state index in [0.29, 0.717) is 24.7 Å². The maximum Gasteiger partial charge on any atom is 0.307 e. The Morgan fingerprint density at radius 2 is 2.18 bits per heavy atom. The lowest BCUT2D eigenvalue weighted by Crippen LogP contribution is -2.40. The van der Waals surface area contributed by atoms with Gasteiger partial charge in [-0.3, -0.25) is 9.69 Å². The molecule has 2 aromatic rings. The van der Waals surface area contributed by atoms with Gasteiger partial charge in [-0.1, -0.05) is 22.8 Å². The van der Waals surface area contributed by atoms with E-state index in [1.54, 1.807) is 11.3 Å². The maximum atomic E-state index is 11.2. The summed E-state index contributed by atoms with van der Waals surface area (Å²) in [7, 11) is 0. The van der Waals surface area contributed by atoms with Crippen molar-refractivity contribution in [1.29, 1.82) is 0 Å². The number of oxime groups is 1. The van der Waals surface area contributed by atoms with Gasteiger partial charge in [0, 0.05) is 23.7 Å². The highest BCUT2D eigenvalue weighted by Gasteiger charge is 2.25. The smallest absolute Gasteiger partial charge is 0.307 e. The second kappa shape index (κ2) is 9.54. The van der Waals surface area contributed by atoms with Gasteiger partial charge in [-0.25, -0.2) is 0 Å². The summed E-state index contributed by atoms with van der Waals surface area (Å²) in [5, 5.41) is 16.4. The zero-order valence-electron chi connectivity index (χ0n) is 16.2. The van der Waals surface area contributed by atoms with Crippen molar-refractivity contribution in [3.63, 3.8) is 0 Å². The van der Waals surface area contributed by atoms with E-state index < -0.39 is 5.97 Å². The molecule has 1 aliphatic heterocycles. The largest absolute Gasteiger partial charge is 0.481 e. The minimum absolute atomic E-state index is 0.279. The first kappa shape index (κ1) is 20.8. The van der Waals surface area contributed by atoms with Gasteiger partial charge in [0.25, 0.3) is 0 Å². The predicted octanol–water partition coefficient (Wildman–Crippen LogP) is 4.58. The third-order valence-electron chi connectivity index (χ3n) is 5.03. The second-order valence-electron chi connectivity index (χ2n) is 7.14. The van der Waals surface area contributed by atoms with E-state index in [4.69, 9.17) is 16.4 Å². The van der Waals surface area contributed by atoms with E-state index in [1.807, 2.05) is 30.5 Å². The molecule has 0 radical (unpaired) electrons. The van der Waals surface area contributed by atoms with E-state index in [2.05, 4.69) is 23.0 Å². The highest BCUT2D eigenvalue weighted by atomic mass is 35.5. The van der Waals surface area contributed by atoms with Crippen LogP contribution in [0.5, 0.6) is 0 Å². The zero-order valence-corrected chi connectivity index (χ0v) is 17.7. The number of benzene rings is 1. The molecule has 3 rings (SSSR count). The van der Waals surface area contributed by atoms with Gasteiger partial charge in [0.05, 0.1) is 10.8 Å². The number of carbonyl (C=O) groups is 1. The fourth-order valence-electron chi connectivity index (χ4n) is 3.46. The average molecular weight is 421 g/mol. The van der Waals surface area contributed by atoms with Crippen LogP contribution in [0.4, 0.5) is 0 Å². The van der Waals surface area contributed by atoms with E-state index in [1.165, 1.54) is 0 Å². The van der Waals surface area contributed by atoms with Crippen molar-refractivity contribution >= 4 is 34.6 Å². The number of nitrogens with zero attached hydrogens (tertiary/aromatic N) is 2. The predicted molar refractivity (Wildman–Crippen MR) is 114 cm³/mol. The molecule has 7 heteroatoms. The molecular weight excluding hydrogens is 396 g/mol. The Morgan fingerprint density at radius 1 is 1.36 bits per heavy atom. The molecule has 1 aliphatic rings. The van der Waals surface area contributed by atoms with Gasteiger partial charge < -0.3 is 9.94 Å². The van der Waals surface area contributed by atoms with Gasteiger partial charge in [-0.05, 0) is 67.9 Å². The van der Waals surface area contributed by atoms with Crippen LogP contribution >= 0.6 is 22.9 Å². The first-order valence-electron chi connectivity index (χ1n) is 9.42. The second-order valence-corrected chi connectivity index (χ2v) is 8.50. The van der Waals surface area contributed by atoms with Crippen LogP contribution in [0.2, 0.25) is 5.02 Å². The minimum atomic E-state index is -0.711. The summed E-state index contributed by atoms with van der Waals surface area (Å²) >= 11 is 7.74. The van der Waals surface area contributed by atoms with E-state index in [0.717, 1.165) is 46.7 Å². The summed E-state index contributed by atoms with van der Waals surface area (Å²) in [6.07, 6.45) is 1.66. The lowest BCUT2D eigenvalue weighted by molar-refractivity contribution is -0.143. The van der Waals surface area contributed by atoms with E-state index in [9.17, 15) is 9.90 Å². The molecule has 0 unspecified atom stereocenters. The molecule has 1 atom stereocenters. The quantitative estimate of drug-likeness (QED) is 0.404. The van der Waals surface area contributed by atoms with Crippen LogP contribution in [0.15, 0.2) is 34.8 Å². The lowest BCUT2D eigenvalue weighted by atomic mass is 9.98. The van der Waals surface area contributed by atoms with Crippen molar-refractivity contribution in [2.75, 3.05) is 26.2 Å². The Kier molecular flexibility index (Phi) is 7.10. The number of piperidine rings is 1. The highest BCUT2D eigenvalue weighted by Crippen LogP contribution is 2.25. The molecule has 1 aromatic carbocycles. The van der Waals surface area contributed by atoms with E-state index in [-0.39, 0.29) is 5.92 Å². The van der Waals surface area contributed by atoms with Gasteiger partial charge in [0.1, 0.15) is 12.3 Å². The van der Waals surface area contributed by atoms with Crippen LogP contribution < -0.4 is 0 Å². The molecule has 28 heavy (non-hydrogen) atoms. The van der Waals surface area contributed by atoms with Gasteiger partial charge in [-0.15, -0.1) is 11.3 Å².